The minimum Gasteiger partial charge on any atom is -0.376 e. The molecule has 0 saturated heterocycles. The largest absolute Gasteiger partial charge is 0.376 e. The maximum Gasteiger partial charge on any atom is 0.284 e. The van der Waals surface area contributed by atoms with Gasteiger partial charge in [0.15, 0.2) is 5.16 Å². The van der Waals surface area contributed by atoms with Crippen molar-refractivity contribution >= 4 is 35.0 Å². The van der Waals surface area contributed by atoms with Crippen LogP contribution in [0.3, 0.4) is 0 Å². The summed E-state index contributed by atoms with van der Waals surface area (Å²) in [7, 11) is 0. The topological polar surface area (TPSA) is 155 Å². The molecule has 0 spiro atoms. The van der Waals surface area contributed by atoms with Gasteiger partial charge < -0.3 is 5.32 Å². The number of carbonyl (C=O) groups excluding carboxylic acids is 2. The molecule has 0 aliphatic rings. The van der Waals surface area contributed by atoms with Crippen LogP contribution in [0.5, 0.6) is 0 Å². The number of nitro groups is 1. The van der Waals surface area contributed by atoms with Crippen LogP contribution >= 0.6 is 11.8 Å². The Hall–Kier alpha value is -3.93. The van der Waals surface area contributed by atoms with Gasteiger partial charge in [0.25, 0.3) is 17.5 Å². The van der Waals surface area contributed by atoms with Crippen LogP contribution < -0.4 is 16.2 Å². The third kappa shape index (κ3) is 5.54. The molecule has 11 nitrogen and oxygen atoms in total. The molecule has 0 aliphatic heterocycles. The van der Waals surface area contributed by atoms with E-state index in [4.69, 9.17) is 0 Å². The van der Waals surface area contributed by atoms with Crippen LogP contribution in [-0.4, -0.2) is 38.5 Å². The lowest BCUT2D eigenvalue weighted by Crippen LogP contribution is -2.44. The van der Waals surface area contributed by atoms with E-state index in [1.807, 2.05) is 31.2 Å². The average molecular weight is 427 g/mol. The fourth-order valence-electron chi connectivity index (χ4n) is 2.33. The van der Waals surface area contributed by atoms with Crippen LogP contribution in [0, 0.1) is 17.0 Å². The molecule has 3 rings (SSSR count). The van der Waals surface area contributed by atoms with Gasteiger partial charge in [-0.05, 0) is 43.0 Å². The van der Waals surface area contributed by atoms with Crippen molar-refractivity contribution in [3.05, 3.63) is 70.0 Å². The Labute approximate surface area is 174 Å². The number of hydrogen-bond acceptors (Lipinski definition) is 8. The number of aromatic nitrogens is 3. The van der Waals surface area contributed by atoms with Crippen molar-refractivity contribution in [2.75, 3.05) is 11.9 Å². The van der Waals surface area contributed by atoms with Crippen LogP contribution in [0.2, 0.25) is 0 Å². The highest BCUT2D eigenvalue weighted by molar-refractivity contribution is 7.99. The fraction of sp³-hybridized carbons (Fsp3) is 0.111. The zero-order valence-electron chi connectivity index (χ0n) is 15.7. The van der Waals surface area contributed by atoms with E-state index >= 15 is 0 Å². The van der Waals surface area contributed by atoms with Crippen LogP contribution in [0.4, 0.5) is 11.4 Å². The van der Waals surface area contributed by atoms with Crippen molar-refractivity contribution in [3.8, 4) is 0 Å². The zero-order chi connectivity index (χ0) is 21.5. The normalized spacial score (nSPS) is 10.3. The second-order valence-corrected chi connectivity index (χ2v) is 7.08. The van der Waals surface area contributed by atoms with Crippen LogP contribution in [-0.2, 0) is 4.79 Å². The molecule has 0 radical (unpaired) electrons. The van der Waals surface area contributed by atoms with Crippen molar-refractivity contribution in [2.24, 2.45) is 0 Å². The number of nitrogens with one attached hydrogen (secondary N) is 4. The Balaban J connectivity index is 1.57. The Morgan fingerprint density at radius 2 is 1.93 bits per heavy atom. The Morgan fingerprint density at radius 1 is 1.17 bits per heavy atom. The van der Waals surface area contributed by atoms with E-state index in [9.17, 15) is 19.7 Å². The summed E-state index contributed by atoms with van der Waals surface area (Å²) < 4.78 is 0. The minimum absolute atomic E-state index is 0.0235. The van der Waals surface area contributed by atoms with Crippen molar-refractivity contribution in [3.63, 3.8) is 0 Å². The first-order valence-electron chi connectivity index (χ1n) is 8.64. The molecule has 2 amide bonds. The third-order valence-corrected chi connectivity index (χ3v) is 4.79. The van der Waals surface area contributed by atoms with E-state index in [0.29, 0.717) is 10.1 Å². The molecular weight excluding hydrogens is 410 g/mol. The van der Waals surface area contributed by atoms with Gasteiger partial charge >= 0.3 is 0 Å². The molecule has 12 heteroatoms. The quantitative estimate of drug-likeness (QED) is 0.330. The van der Waals surface area contributed by atoms with Gasteiger partial charge in [0.1, 0.15) is 6.33 Å². The fourth-order valence-corrected chi connectivity index (χ4v) is 3.11. The predicted octanol–water partition coefficient (Wildman–Crippen LogP) is 2.05. The van der Waals surface area contributed by atoms with E-state index < -0.39 is 16.7 Å². The number of benzene rings is 2. The first-order chi connectivity index (χ1) is 14.4. The molecule has 0 saturated carbocycles. The van der Waals surface area contributed by atoms with Crippen LogP contribution in [0.15, 0.2) is 58.8 Å². The number of anilines is 1. The maximum atomic E-state index is 12.3. The minimum atomic E-state index is -0.682. The molecule has 154 valence electrons. The number of nitro benzene ring substituents is 1. The smallest absolute Gasteiger partial charge is 0.284 e. The van der Waals surface area contributed by atoms with Gasteiger partial charge in [-0.15, -0.1) is 0 Å². The summed E-state index contributed by atoms with van der Waals surface area (Å²) >= 11 is 1.01. The highest BCUT2D eigenvalue weighted by atomic mass is 32.2. The molecular formula is C18H17N7O4S. The third-order valence-electron chi connectivity index (χ3n) is 3.84. The van der Waals surface area contributed by atoms with E-state index in [1.54, 1.807) is 0 Å². The molecule has 4 N–H and O–H groups in total. The second-order valence-electron chi connectivity index (χ2n) is 6.05. The highest BCUT2D eigenvalue weighted by Crippen LogP contribution is 2.33. The molecule has 0 aliphatic carbocycles. The number of carbonyl (C=O) groups is 2. The molecule has 0 fully saturated rings. The van der Waals surface area contributed by atoms with Gasteiger partial charge in [-0.25, -0.2) is 4.98 Å². The summed E-state index contributed by atoms with van der Waals surface area (Å²) in [5, 5.41) is 20.9. The van der Waals surface area contributed by atoms with Gasteiger partial charge in [0, 0.05) is 17.3 Å². The van der Waals surface area contributed by atoms with E-state index in [2.05, 4.69) is 31.3 Å². The number of H-pyrrole nitrogens is 1. The predicted molar refractivity (Wildman–Crippen MR) is 109 cm³/mol. The number of hydrazine groups is 1. The van der Waals surface area contributed by atoms with Gasteiger partial charge in [0.2, 0.25) is 0 Å². The lowest BCUT2D eigenvalue weighted by atomic mass is 10.2. The maximum absolute atomic E-state index is 12.3. The number of aromatic amines is 1. The van der Waals surface area contributed by atoms with Crippen molar-refractivity contribution in [1.82, 2.24) is 26.0 Å². The number of nitrogens with zero attached hydrogens (tertiary/aromatic N) is 3. The van der Waals surface area contributed by atoms with Gasteiger partial charge in [0.05, 0.1) is 16.4 Å². The number of rotatable bonds is 7. The second kappa shape index (κ2) is 9.52. The first kappa shape index (κ1) is 20.8. The number of hydrogen-bond donors (Lipinski definition) is 4. The summed E-state index contributed by atoms with van der Waals surface area (Å²) in [5.74, 6) is -1.16. The SMILES string of the molecule is Cc1ccc(NCC(=O)NNC(=O)c2ccc(Sc3ncn[nH]3)c([N+](=O)[O-])c2)cc1. The van der Waals surface area contributed by atoms with Crippen molar-refractivity contribution in [2.45, 2.75) is 17.0 Å². The Kier molecular flexibility index (Phi) is 6.60. The summed E-state index contributed by atoms with van der Waals surface area (Å²) in [5.41, 5.74) is 6.11. The standard InChI is InChI=1S/C18H17N7O4S/c1-11-2-5-13(6-3-11)19-9-16(26)22-23-17(27)12-4-7-15(14(8-12)25(28)29)30-18-20-10-21-24-18/h2-8,10,19H,9H2,1H3,(H,22,26)(H,23,27)(H,20,21,24). The first-order valence-corrected chi connectivity index (χ1v) is 9.45. The lowest BCUT2D eigenvalue weighted by Gasteiger charge is -2.10. The highest BCUT2D eigenvalue weighted by Gasteiger charge is 2.19. The monoisotopic (exact) mass is 427 g/mol. The molecule has 0 bridgehead atoms. The van der Waals surface area contributed by atoms with E-state index in [1.165, 1.54) is 18.5 Å². The van der Waals surface area contributed by atoms with Crippen LogP contribution in [0.1, 0.15) is 15.9 Å². The van der Waals surface area contributed by atoms with Crippen molar-refractivity contribution < 1.29 is 14.5 Å². The van der Waals surface area contributed by atoms with E-state index in [0.717, 1.165) is 29.1 Å². The average Bonchev–Trinajstić information content (AvgIpc) is 3.24. The lowest BCUT2D eigenvalue weighted by molar-refractivity contribution is -0.387. The summed E-state index contributed by atoms with van der Waals surface area (Å²) in [6, 6.07) is 11.4. The molecule has 0 unspecified atom stereocenters. The molecule has 1 aromatic heterocycles. The van der Waals surface area contributed by atoms with Crippen LogP contribution in [0.25, 0.3) is 0 Å². The van der Waals surface area contributed by atoms with Gasteiger partial charge in [-0.3, -0.25) is 35.7 Å². The molecule has 2 aromatic carbocycles. The van der Waals surface area contributed by atoms with E-state index in [-0.39, 0.29) is 17.8 Å². The number of amides is 2. The Morgan fingerprint density at radius 3 is 2.60 bits per heavy atom. The van der Waals surface area contributed by atoms with Gasteiger partial charge in [-0.2, -0.15) is 5.10 Å². The summed E-state index contributed by atoms with van der Waals surface area (Å²) in [4.78, 5) is 39.1. The Bertz CT molecular complexity index is 1050. The molecule has 30 heavy (non-hydrogen) atoms. The van der Waals surface area contributed by atoms with Gasteiger partial charge in [-0.1, -0.05) is 17.7 Å². The zero-order valence-corrected chi connectivity index (χ0v) is 16.5. The molecule has 1 heterocycles. The summed E-state index contributed by atoms with van der Waals surface area (Å²) in [6.07, 6.45) is 1.28. The molecule has 0 atom stereocenters. The molecule has 3 aromatic rings. The van der Waals surface area contributed by atoms with Crippen molar-refractivity contribution in [1.29, 1.82) is 0 Å². The summed E-state index contributed by atoms with van der Waals surface area (Å²) in [6.45, 7) is 1.89. The number of aryl methyl sites for hydroxylation is 1.